The fourth-order valence-electron chi connectivity index (χ4n) is 12.0. The molecule has 0 aliphatic carbocycles. The Morgan fingerprint density at radius 3 is 1.15 bits per heavy atom. The van der Waals surface area contributed by atoms with Crippen LogP contribution >= 0.6 is 0 Å². The van der Waals surface area contributed by atoms with Crippen molar-refractivity contribution in [3.63, 3.8) is 0 Å². The van der Waals surface area contributed by atoms with Crippen LogP contribution in [0, 0.1) is 0 Å². The predicted octanol–water partition coefficient (Wildman–Crippen LogP) is 10.7. The van der Waals surface area contributed by atoms with Gasteiger partial charge < -0.3 is 89.9 Å². The van der Waals surface area contributed by atoms with Crippen molar-refractivity contribution < 1.29 is 89.4 Å². The lowest BCUT2D eigenvalue weighted by atomic mass is 9.96. The van der Waals surface area contributed by atoms with Gasteiger partial charge in [0.2, 0.25) is 5.91 Å². The van der Waals surface area contributed by atoms with Gasteiger partial charge in [-0.2, -0.15) is 0 Å². The molecule has 0 radical (unpaired) electrons. The van der Waals surface area contributed by atoms with Gasteiger partial charge in [-0.1, -0.05) is 259 Å². The van der Waals surface area contributed by atoms with E-state index in [-0.39, 0.29) is 18.9 Å². The number of carbonyl (C=O) groups is 1. The molecule has 3 aliphatic heterocycles. The molecule has 94 heavy (non-hydrogen) atoms. The summed E-state index contributed by atoms with van der Waals surface area (Å²) in [6, 6.07) is -0.973. The maximum Gasteiger partial charge on any atom is 0.220 e. The van der Waals surface area contributed by atoms with Crippen LogP contribution in [0.15, 0.2) is 85.1 Å². The number of aliphatic hydroxyl groups excluding tert-OH is 11. The van der Waals surface area contributed by atoms with E-state index in [0.29, 0.717) is 6.42 Å². The molecule has 0 saturated carbocycles. The molecule has 17 unspecified atom stereocenters. The van der Waals surface area contributed by atoms with E-state index in [9.17, 15) is 61.0 Å². The van der Waals surface area contributed by atoms with Gasteiger partial charge in [0.25, 0.3) is 0 Å². The Kier molecular flexibility index (Phi) is 50.6. The molecule has 3 rings (SSSR count). The summed E-state index contributed by atoms with van der Waals surface area (Å²) in [6.07, 6.45) is 46.1. The molecule has 19 nitrogen and oxygen atoms in total. The predicted molar refractivity (Wildman–Crippen MR) is 369 cm³/mol. The van der Waals surface area contributed by atoms with Crippen LogP contribution in [0.25, 0.3) is 0 Å². The number of allylic oxidation sites excluding steroid dienone is 13. The topological polar surface area (TPSA) is 307 Å². The number of aliphatic hydroxyl groups is 11. The van der Waals surface area contributed by atoms with Gasteiger partial charge in [0.15, 0.2) is 18.9 Å². The van der Waals surface area contributed by atoms with Gasteiger partial charge in [-0.3, -0.25) is 4.79 Å². The highest BCUT2D eigenvalue weighted by Crippen LogP contribution is 2.33. The third-order valence-corrected chi connectivity index (χ3v) is 17.9. The normalized spacial score (nSPS) is 27.9. The van der Waals surface area contributed by atoms with Crippen LogP contribution in [0.2, 0.25) is 0 Å². The highest BCUT2D eigenvalue weighted by molar-refractivity contribution is 5.76. The van der Waals surface area contributed by atoms with E-state index in [1.54, 1.807) is 6.08 Å². The number of amides is 1. The molecular weight excluding hydrogens is 1200 g/mol. The Morgan fingerprint density at radius 2 is 0.734 bits per heavy atom. The monoisotopic (exact) mass is 1330 g/mol. The van der Waals surface area contributed by atoms with Gasteiger partial charge in [-0.05, 0) is 70.6 Å². The van der Waals surface area contributed by atoms with Crippen molar-refractivity contribution in [3.05, 3.63) is 85.1 Å². The standard InChI is InChI=1S/C75H131NO18/c1-3-5-7-9-11-13-15-16-17-18-19-20-21-22-23-24-25-26-27-28-29-30-31-32-33-34-35-36-37-38-39-40-41-42-43-45-47-49-51-53-63(81)76-58(59(80)52-50-48-46-44-14-12-10-8-6-4-2)57-89-73-69(87)66(84)71(61(55-78)91-73)94-75-70(88)67(85)72(62(56-79)92-75)93-74-68(86)65(83)64(82)60(54-77)90-74/h5,7,11,13,16-17,19-20,22-23,25-26,50,52,58-62,64-75,77-80,82-88H,3-4,6,8-10,12,14-15,18,21,24,27-49,51,53-57H2,1-2H3,(H,76,81)/b7-5-,13-11-,17-16-,20-19-,23-22-,26-25-,52-50+. The maximum atomic E-state index is 13.4. The van der Waals surface area contributed by atoms with Crippen molar-refractivity contribution in [1.82, 2.24) is 5.32 Å². The second-order valence-corrected chi connectivity index (χ2v) is 26.0. The number of nitrogens with one attached hydrogen (secondary N) is 1. The first-order valence-electron chi connectivity index (χ1n) is 36.8. The summed E-state index contributed by atoms with van der Waals surface area (Å²) in [5, 5.41) is 120. The summed E-state index contributed by atoms with van der Waals surface area (Å²) in [5.74, 6) is -0.277. The number of ether oxygens (including phenoxy) is 6. The molecular formula is C75H131NO18. The Labute approximate surface area is 565 Å². The number of carbonyl (C=O) groups excluding carboxylic acids is 1. The largest absolute Gasteiger partial charge is 0.394 e. The maximum absolute atomic E-state index is 13.4. The second-order valence-electron chi connectivity index (χ2n) is 26.0. The van der Waals surface area contributed by atoms with E-state index >= 15 is 0 Å². The summed E-state index contributed by atoms with van der Waals surface area (Å²) < 4.78 is 34.3. The highest BCUT2D eigenvalue weighted by Gasteiger charge is 2.53. The molecule has 3 aliphatic rings. The summed E-state index contributed by atoms with van der Waals surface area (Å²) in [6.45, 7) is 1.59. The molecule has 12 N–H and O–H groups in total. The fraction of sp³-hybridized carbons (Fsp3) is 0.800. The quantitative estimate of drug-likeness (QED) is 0.0199. The SMILES string of the molecule is CC/C=C\C/C=C\C/C=C\C/C=C\C/C=C\C/C=C\CCCCCCCCCCCCCCCCCCCCCCC(=O)NC(COC1OC(CO)C(OC2OC(CO)C(OC3OC(CO)C(O)C(O)C3O)C(O)C2O)C(O)C1O)C(O)/C=C/CCCCCCCCCC. The van der Waals surface area contributed by atoms with Crippen LogP contribution in [-0.2, 0) is 33.2 Å². The smallest absolute Gasteiger partial charge is 0.220 e. The number of rotatable bonds is 56. The molecule has 19 heteroatoms. The Morgan fingerprint density at radius 1 is 0.394 bits per heavy atom. The first kappa shape index (κ1) is 85.2. The minimum absolute atomic E-state index is 0.243. The van der Waals surface area contributed by atoms with E-state index < -0.39 is 124 Å². The van der Waals surface area contributed by atoms with Gasteiger partial charge in [0, 0.05) is 6.42 Å². The van der Waals surface area contributed by atoms with E-state index in [1.807, 2.05) is 6.08 Å². The zero-order chi connectivity index (χ0) is 68.2. The van der Waals surface area contributed by atoms with Gasteiger partial charge in [0.05, 0.1) is 38.6 Å². The summed E-state index contributed by atoms with van der Waals surface area (Å²) in [4.78, 5) is 13.4. The number of unbranched alkanes of at least 4 members (excludes halogenated alkanes) is 28. The van der Waals surface area contributed by atoms with Crippen LogP contribution in [-0.4, -0.2) is 193 Å². The average molecular weight is 1330 g/mol. The molecule has 0 bridgehead atoms. The highest BCUT2D eigenvalue weighted by atomic mass is 16.8. The fourth-order valence-corrected chi connectivity index (χ4v) is 12.0. The molecule has 17 atom stereocenters. The molecule has 3 fully saturated rings. The molecule has 0 aromatic heterocycles. The van der Waals surface area contributed by atoms with Crippen molar-refractivity contribution in [1.29, 1.82) is 0 Å². The van der Waals surface area contributed by atoms with Gasteiger partial charge >= 0.3 is 0 Å². The van der Waals surface area contributed by atoms with Gasteiger partial charge in [-0.25, -0.2) is 0 Å². The first-order chi connectivity index (χ1) is 45.8. The molecule has 0 aromatic rings. The van der Waals surface area contributed by atoms with E-state index in [4.69, 9.17) is 28.4 Å². The molecule has 544 valence electrons. The third kappa shape index (κ3) is 36.7. The van der Waals surface area contributed by atoms with Gasteiger partial charge in [0.1, 0.15) is 73.2 Å². The summed E-state index contributed by atoms with van der Waals surface area (Å²) >= 11 is 0. The van der Waals surface area contributed by atoms with Gasteiger partial charge in [-0.15, -0.1) is 0 Å². The first-order valence-corrected chi connectivity index (χ1v) is 36.8. The molecule has 3 heterocycles. The Bertz CT molecular complexity index is 2030. The van der Waals surface area contributed by atoms with Crippen LogP contribution < -0.4 is 5.32 Å². The van der Waals surface area contributed by atoms with Crippen molar-refractivity contribution in [2.24, 2.45) is 0 Å². The minimum atomic E-state index is -1.98. The third-order valence-electron chi connectivity index (χ3n) is 17.9. The van der Waals surface area contributed by atoms with E-state index in [1.165, 1.54) is 141 Å². The zero-order valence-electron chi connectivity index (χ0n) is 57.7. The molecule has 1 amide bonds. The van der Waals surface area contributed by atoms with Crippen LogP contribution in [0.3, 0.4) is 0 Å². The Hall–Kier alpha value is -3.03. The van der Waals surface area contributed by atoms with E-state index in [2.05, 4.69) is 92.1 Å². The lowest BCUT2D eigenvalue weighted by molar-refractivity contribution is -0.379. The molecule has 3 saturated heterocycles. The summed E-state index contributed by atoms with van der Waals surface area (Å²) in [7, 11) is 0. The lowest BCUT2D eigenvalue weighted by Gasteiger charge is -2.48. The molecule has 0 spiro atoms. The summed E-state index contributed by atoms with van der Waals surface area (Å²) in [5.41, 5.74) is 0. The Balaban J connectivity index is 1.28. The van der Waals surface area contributed by atoms with Crippen molar-refractivity contribution in [2.75, 3.05) is 26.4 Å². The molecule has 0 aromatic carbocycles. The number of hydrogen-bond donors (Lipinski definition) is 12. The zero-order valence-corrected chi connectivity index (χ0v) is 57.7. The van der Waals surface area contributed by atoms with E-state index in [0.717, 1.165) is 83.5 Å². The van der Waals surface area contributed by atoms with Crippen LogP contribution in [0.1, 0.15) is 251 Å². The van der Waals surface area contributed by atoms with Crippen molar-refractivity contribution >= 4 is 5.91 Å². The minimum Gasteiger partial charge on any atom is -0.394 e. The van der Waals surface area contributed by atoms with Crippen LogP contribution in [0.4, 0.5) is 0 Å². The number of hydrogen-bond acceptors (Lipinski definition) is 18. The second kappa shape index (κ2) is 55.8. The average Bonchev–Trinajstić information content (AvgIpc) is 0.788. The van der Waals surface area contributed by atoms with Crippen molar-refractivity contribution in [3.8, 4) is 0 Å². The van der Waals surface area contributed by atoms with Crippen molar-refractivity contribution in [2.45, 2.75) is 356 Å². The lowest BCUT2D eigenvalue weighted by Crippen LogP contribution is -2.66. The van der Waals surface area contributed by atoms with Crippen LogP contribution in [0.5, 0.6) is 0 Å².